The van der Waals surface area contributed by atoms with Gasteiger partial charge < -0.3 is 33.8 Å². The first kappa shape index (κ1) is 26.0. The van der Waals surface area contributed by atoms with Gasteiger partial charge in [0.25, 0.3) is 0 Å². The second-order valence-electron chi connectivity index (χ2n) is 1.84. The van der Waals surface area contributed by atoms with Gasteiger partial charge in [0.1, 0.15) is 7.60 Å². The van der Waals surface area contributed by atoms with E-state index in [4.69, 9.17) is 10.00 Å². The Morgan fingerprint density at radius 2 is 1.36 bits per heavy atom. The molecule has 0 aliphatic rings. The van der Waals surface area contributed by atoms with Crippen molar-refractivity contribution in [1.82, 2.24) is 0 Å². The summed E-state index contributed by atoms with van der Waals surface area (Å²) in [5, 5.41) is 8.30. The first-order valence-electron chi connectivity index (χ1n) is 2.35. The zero-order chi connectivity index (χ0) is 9.28. The van der Waals surface area contributed by atoms with Crippen molar-refractivity contribution < 1.29 is 122 Å². The van der Waals surface area contributed by atoms with Gasteiger partial charge in [-0.3, -0.25) is 0 Å². The summed E-state index contributed by atoms with van der Waals surface area (Å²) in [6.45, 7) is 0. The minimum atomic E-state index is -5.33. The molecule has 2 N–H and O–H groups in total. The SMILES string of the molecule is O=P([O-])(O)CC(O)P(=O)([O-])[O-].[Na+].[Na+].[Na+]. The molecule has 0 aromatic heterocycles. The molecule has 0 rings (SSSR count). The van der Waals surface area contributed by atoms with E-state index in [-0.39, 0.29) is 88.7 Å². The Kier molecular flexibility index (Phi) is 18.9. The van der Waals surface area contributed by atoms with Crippen LogP contribution in [0.5, 0.6) is 0 Å². The van der Waals surface area contributed by atoms with Gasteiger partial charge in [-0.15, -0.1) is 0 Å². The smallest absolute Gasteiger partial charge is 0.809 e. The molecule has 0 aliphatic heterocycles. The van der Waals surface area contributed by atoms with Crippen LogP contribution in [0.4, 0.5) is 0 Å². The van der Waals surface area contributed by atoms with E-state index in [2.05, 4.69) is 0 Å². The fraction of sp³-hybridized carbons (Fsp3) is 1.00. The molecule has 0 heterocycles. The van der Waals surface area contributed by atoms with Crippen molar-refractivity contribution in [3.8, 4) is 0 Å². The Morgan fingerprint density at radius 3 is 1.43 bits per heavy atom. The predicted molar refractivity (Wildman–Crippen MR) is 28.3 cm³/mol. The number of rotatable bonds is 3. The molecule has 2 unspecified atom stereocenters. The van der Waals surface area contributed by atoms with Gasteiger partial charge in [0.05, 0.1) is 5.85 Å². The maximum Gasteiger partial charge on any atom is 1.00 e. The molecular weight excluding hydrogens is 267 g/mol. The van der Waals surface area contributed by atoms with Crippen molar-refractivity contribution in [3.63, 3.8) is 0 Å². The van der Waals surface area contributed by atoms with E-state index in [9.17, 15) is 23.8 Å². The van der Waals surface area contributed by atoms with E-state index in [1.165, 1.54) is 0 Å². The van der Waals surface area contributed by atoms with E-state index in [0.29, 0.717) is 0 Å². The summed E-state index contributed by atoms with van der Waals surface area (Å²) < 4.78 is 19.8. The van der Waals surface area contributed by atoms with Crippen molar-refractivity contribution in [3.05, 3.63) is 0 Å². The first-order valence-corrected chi connectivity index (χ1v) is 5.73. The Bertz CT molecular complexity index is 221. The van der Waals surface area contributed by atoms with Gasteiger partial charge >= 0.3 is 88.7 Å². The molecule has 0 spiro atoms. The zero-order valence-corrected chi connectivity index (χ0v) is 15.9. The molecule has 14 heavy (non-hydrogen) atoms. The van der Waals surface area contributed by atoms with Crippen LogP contribution < -0.4 is 103 Å². The third-order valence-electron chi connectivity index (χ3n) is 0.759. The predicted octanol–water partition coefficient (Wildman–Crippen LogP) is -12.2. The normalized spacial score (nSPS) is 16.4. The minimum Gasteiger partial charge on any atom is -0.809 e. The largest absolute Gasteiger partial charge is 1.00 e. The van der Waals surface area contributed by atoms with Crippen molar-refractivity contribution in [1.29, 1.82) is 0 Å². The standard InChI is InChI=1S/C2H8O7P2.3Na/c3-2(11(7,8)9)1-10(4,5)6;;;/h2-3H,1H2,(H2,4,5,6)(H2,7,8,9);;;/q;3*+1/p-3. The van der Waals surface area contributed by atoms with Crippen LogP contribution in [0, 0.1) is 0 Å². The molecule has 0 bridgehead atoms. The molecule has 0 fully saturated rings. The van der Waals surface area contributed by atoms with Crippen LogP contribution >= 0.6 is 15.2 Å². The molecule has 0 aromatic rings. The summed E-state index contributed by atoms with van der Waals surface area (Å²) in [5.41, 5.74) is 0. The molecular formula is C2H5Na3O7P2. The van der Waals surface area contributed by atoms with Crippen molar-refractivity contribution in [2.75, 3.05) is 6.16 Å². The third-order valence-corrected chi connectivity index (χ3v) is 2.77. The van der Waals surface area contributed by atoms with Gasteiger partial charge in [0, 0.05) is 6.16 Å². The van der Waals surface area contributed by atoms with Crippen LogP contribution in [0.3, 0.4) is 0 Å². The number of hydrogen-bond acceptors (Lipinski definition) is 6. The Hall–Kier alpha value is 3.26. The van der Waals surface area contributed by atoms with Gasteiger partial charge in [-0.2, -0.15) is 0 Å². The summed E-state index contributed by atoms with van der Waals surface area (Å²) in [6, 6.07) is 0. The van der Waals surface area contributed by atoms with E-state index < -0.39 is 27.2 Å². The zero-order valence-electron chi connectivity index (χ0n) is 8.11. The average molecular weight is 272 g/mol. The second-order valence-corrected chi connectivity index (χ2v) is 5.16. The maximum atomic E-state index is 9.91. The van der Waals surface area contributed by atoms with Crippen molar-refractivity contribution >= 4 is 15.2 Å². The molecule has 0 saturated carbocycles. The molecule has 7 nitrogen and oxygen atoms in total. The van der Waals surface area contributed by atoms with Crippen LogP contribution in [0.25, 0.3) is 0 Å². The maximum absolute atomic E-state index is 9.91. The van der Waals surface area contributed by atoms with Crippen LogP contribution in [0.15, 0.2) is 0 Å². The fourth-order valence-electron chi connectivity index (χ4n) is 0.306. The average Bonchev–Trinajstić information content (AvgIpc) is 1.56. The quantitative estimate of drug-likeness (QED) is 0.383. The van der Waals surface area contributed by atoms with E-state index >= 15 is 0 Å². The number of aliphatic hydroxyl groups excluding tert-OH is 1. The molecule has 0 aliphatic carbocycles. The minimum absolute atomic E-state index is 0. The van der Waals surface area contributed by atoms with Gasteiger partial charge in [-0.1, -0.05) is 0 Å². The van der Waals surface area contributed by atoms with Gasteiger partial charge in [-0.25, -0.2) is 0 Å². The van der Waals surface area contributed by atoms with Crippen molar-refractivity contribution in [2.45, 2.75) is 5.85 Å². The van der Waals surface area contributed by atoms with Crippen molar-refractivity contribution in [2.24, 2.45) is 0 Å². The summed E-state index contributed by atoms with van der Waals surface area (Å²) in [6.07, 6.45) is -1.46. The molecule has 0 amide bonds. The van der Waals surface area contributed by atoms with Crippen LogP contribution in [-0.2, 0) is 9.13 Å². The number of aliphatic hydroxyl groups is 1. The van der Waals surface area contributed by atoms with E-state index in [1.807, 2.05) is 0 Å². The van der Waals surface area contributed by atoms with Gasteiger partial charge in [-0.05, 0) is 7.60 Å². The van der Waals surface area contributed by atoms with E-state index in [0.717, 1.165) is 0 Å². The first-order chi connectivity index (χ1) is 4.63. The molecule has 0 aromatic carbocycles. The molecule has 0 saturated heterocycles. The second kappa shape index (κ2) is 10.2. The summed E-state index contributed by atoms with van der Waals surface area (Å²) in [7, 11) is -10.2. The molecule has 12 heteroatoms. The Labute approximate surface area is 147 Å². The van der Waals surface area contributed by atoms with Crippen LogP contribution in [-0.4, -0.2) is 22.0 Å². The monoisotopic (exact) mass is 272 g/mol. The molecule has 68 valence electrons. The van der Waals surface area contributed by atoms with Gasteiger partial charge in [0.15, 0.2) is 0 Å². The van der Waals surface area contributed by atoms with E-state index in [1.54, 1.807) is 0 Å². The molecule has 2 atom stereocenters. The summed E-state index contributed by atoms with van der Waals surface area (Å²) in [5.74, 6) is -2.57. The fourth-order valence-corrected chi connectivity index (χ4v) is 2.14. The summed E-state index contributed by atoms with van der Waals surface area (Å²) in [4.78, 5) is 37.6. The third kappa shape index (κ3) is 15.3. The topological polar surface area (TPSA) is 144 Å². The molecule has 0 radical (unpaired) electrons. The van der Waals surface area contributed by atoms with Crippen LogP contribution in [0.2, 0.25) is 0 Å². The van der Waals surface area contributed by atoms with Crippen LogP contribution in [0.1, 0.15) is 0 Å². The Morgan fingerprint density at radius 1 is 1.07 bits per heavy atom. The van der Waals surface area contributed by atoms with Gasteiger partial charge in [0.2, 0.25) is 0 Å². The Balaban J connectivity index is -0.000000167. The summed E-state index contributed by atoms with van der Waals surface area (Å²) >= 11 is 0. The number of hydrogen-bond donors (Lipinski definition) is 2.